The van der Waals surface area contributed by atoms with Crippen LogP contribution >= 0.6 is 0 Å². The van der Waals surface area contributed by atoms with Crippen LogP contribution in [0.2, 0.25) is 0 Å². The van der Waals surface area contributed by atoms with Gasteiger partial charge in [-0.25, -0.2) is 0 Å². The second kappa shape index (κ2) is 6.60. The van der Waals surface area contributed by atoms with Gasteiger partial charge in [0.2, 0.25) is 0 Å². The molecule has 2 heteroatoms. The molecule has 0 aliphatic heterocycles. The molecule has 130 valence electrons. The van der Waals surface area contributed by atoms with Crippen molar-refractivity contribution in [2.24, 2.45) is 5.73 Å². The monoisotopic (exact) mass is 325 g/mol. The summed E-state index contributed by atoms with van der Waals surface area (Å²) in [6, 6.07) is 14.4. The summed E-state index contributed by atoms with van der Waals surface area (Å²) < 4.78 is 0. The van der Waals surface area contributed by atoms with E-state index in [1.807, 2.05) is 18.2 Å². The highest BCUT2D eigenvalue weighted by molar-refractivity contribution is 5.50. The van der Waals surface area contributed by atoms with Crippen molar-refractivity contribution in [3.05, 3.63) is 64.7 Å². The van der Waals surface area contributed by atoms with E-state index in [-0.39, 0.29) is 16.9 Å². The van der Waals surface area contributed by atoms with E-state index in [1.165, 1.54) is 5.56 Å². The number of benzene rings is 2. The van der Waals surface area contributed by atoms with Gasteiger partial charge >= 0.3 is 0 Å². The minimum absolute atomic E-state index is 0.0450. The minimum Gasteiger partial charge on any atom is -0.507 e. The van der Waals surface area contributed by atoms with E-state index in [4.69, 9.17) is 5.73 Å². The maximum absolute atomic E-state index is 10.8. The Morgan fingerprint density at radius 1 is 0.875 bits per heavy atom. The molecule has 2 nitrogen and oxygen atoms in total. The molecular formula is C22H31NO. The quantitative estimate of drug-likeness (QED) is 0.811. The Hall–Kier alpha value is -1.80. The Morgan fingerprint density at radius 3 is 1.75 bits per heavy atom. The van der Waals surface area contributed by atoms with Gasteiger partial charge in [-0.3, -0.25) is 0 Å². The van der Waals surface area contributed by atoms with E-state index in [1.54, 1.807) is 0 Å². The highest BCUT2D eigenvalue weighted by Gasteiger charge is 2.26. The molecule has 2 aromatic carbocycles. The lowest BCUT2D eigenvalue weighted by molar-refractivity contribution is 0.422. The van der Waals surface area contributed by atoms with Crippen LogP contribution in [0, 0.1) is 0 Å². The minimum atomic E-state index is -0.114. The predicted molar refractivity (Wildman–Crippen MR) is 103 cm³/mol. The fraction of sp³-hybridized carbons (Fsp3) is 0.455. The molecule has 0 spiro atoms. The summed E-state index contributed by atoms with van der Waals surface area (Å²) in [5.41, 5.74) is 10.5. The molecule has 0 bridgehead atoms. The van der Waals surface area contributed by atoms with Crippen LogP contribution < -0.4 is 5.73 Å². The van der Waals surface area contributed by atoms with E-state index in [9.17, 15) is 5.11 Å². The van der Waals surface area contributed by atoms with Crippen LogP contribution in [0.15, 0.2) is 42.5 Å². The molecule has 0 aromatic heterocycles. The average molecular weight is 325 g/mol. The molecule has 0 radical (unpaired) electrons. The molecule has 0 saturated heterocycles. The van der Waals surface area contributed by atoms with Crippen LogP contribution in [-0.2, 0) is 17.3 Å². The first kappa shape index (κ1) is 18.5. The molecule has 1 atom stereocenters. The lowest BCUT2D eigenvalue weighted by Gasteiger charge is -2.28. The highest BCUT2D eigenvalue weighted by atomic mass is 16.3. The Kier molecular flexibility index (Phi) is 5.10. The van der Waals surface area contributed by atoms with E-state index in [0.29, 0.717) is 5.75 Å². The van der Waals surface area contributed by atoms with Crippen molar-refractivity contribution >= 4 is 0 Å². The summed E-state index contributed by atoms with van der Waals surface area (Å²) in [5, 5.41) is 10.8. The maximum Gasteiger partial charge on any atom is 0.123 e. The van der Waals surface area contributed by atoms with Crippen molar-refractivity contribution in [2.45, 2.75) is 64.8 Å². The summed E-state index contributed by atoms with van der Waals surface area (Å²) in [6.45, 7) is 12.8. The first-order chi connectivity index (χ1) is 11.0. The molecule has 24 heavy (non-hydrogen) atoms. The fourth-order valence-electron chi connectivity index (χ4n) is 3.03. The van der Waals surface area contributed by atoms with Gasteiger partial charge in [0.25, 0.3) is 0 Å². The van der Waals surface area contributed by atoms with Gasteiger partial charge in [0.05, 0.1) is 0 Å². The number of phenolic OH excluding ortho intramolecular Hbond substituents is 1. The molecule has 0 aliphatic rings. The summed E-state index contributed by atoms with van der Waals surface area (Å²) >= 11 is 0. The second-order valence-electron chi connectivity index (χ2n) is 8.76. The molecule has 0 heterocycles. The Bertz CT molecular complexity index is 655. The third-order valence-electron chi connectivity index (χ3n) is 4.47. The molecule has 1 unspecified atom stereocenters. The molecule has 0 amide bonds. The third-order valence-corrected chi connectivity index (χ3v) is 4.47. The van der Waals surface area contributed by atoms with Gasteiger partial charge in [0.1, 0.15) is 5.75 Å². The van der Waals surface area contributed by atoms with Crippen LogP contribution in [0.1, 0.15) is 69.8 Å². The van der Waals surface area contributed by atoms with Crippen molar-refractivity contribution in [3.8, 4) is 5.75 Å². The van der Waals surface area contributed by atoms with Crippen molar-refractivity contribution in [1.29, 1.82) is 0 Å². The van der Waals surface area contributed by atoms with Gasteiger partial charge in [0.15, 0.2) is 0 Å². The summed E-state index contributed by atoms with van der Waals surface area (Å²) in [6.07, 6.45) is 0.760. The van der Waals surface area contributed by atoms with Crippen molar-refractivity contribution in [1.82, 2.24) is 0 Å². The summed E-state index contributed by atoms with van der Waals surface area (Å²) in [5.74, 6) is 0.423. The molecule has 3 N–H and O–H groups in total. The normalized spacial score (nSPS) is 13.8. The number of hydrogen-bond acceptors (Lipinski definition) is 2. The van der Waals surface area contributed by atoms with Crippen LogP contribution in [0.25, 0.3) is 0 Å². The van der Waals surface area contributed by atoms with E-state index >= 15 is 0 Å². The number of phenols is 1. The summed E-state index contributed by atoms with van der Waals surface area (Å²) in [4.78, 5) is 0. The zero-order valence-corrected chi connectivity index (χ0v) is 15.9. The zero-order chi connectivity index (χ0) is 18.1. The van der Waals surface area contributed by atoms with Crippen LogP contribution in [0.3, 0.4) is 0 Å². The molecular weight excluding hydrogens is 294 g/mol. The predicted octanol–water partition coefficient (Wildman–Crippen LogP) is 5.23. The van der Waals surface area contributed by atoms with E-state index in [2.05, 4.69) is 65.8 Å². The van der Waals surface area contributed by atoms with Crippen molar-refractivity contribution in [3.63, 3.8) is 0 Å². The van der Waals surface area contributed by atoms with Crippen molar-refractivity contribution < 1.29 is 5.11 Å². The fourth-order valence-corrected chi connectivity index (χ4v) is 3.03. The van der Waals surface area contributed by atoms with Gasteiger partial charge in [-0.2, -0.15) is 0 Å². The Labute approximate surface area is 146 Å². The third kappa shape index (κ3) is 4.18. The van der Waals surface area contributed by atoms with E-state index in [0.717, 1.165) is 23.1 Å². The standard InChI is InChI=1S/C22H31NO/c1-21(2,3)17-12-15(13-18(20(17)24)22(4,5)6)14-19(23)16-10-8-7-9-11-16/h7-13,19,24H,14,23H2,1-6H3. The first-order valence-electron chi connectivity index (χ1n) is 8.67. The van der Waals surface area contributed by atoms with Crippen LogP contribution in [-0.4, -0.2) is 5.11 Å². The Balaban J connectivity index is 2.47. The van der Waals surface area contributed by atoms with Gasteiger partial charge in [-0.15, -0.1) is 0 Å². The topological polar surface area (TPSA) is 46.2 Å². The molecule has 0 fully saturated rings. The SMILES string of the molecule is CC(C)(C)c1cc(CC(N)c2ccccc2)cc(C(C)(C)C)c1O. The highest BCUT2D eigenvalue weighted by Crippen LogP contribution is 2.40. The zero-order valence-electron chi connectivity index (χ0n) is 15.9. The Morgan fingerprint density at radius 2 is 1.33 bits per heavy atom. The number of rotatable bonds is 3. The molecule has 0 saturated carbocycles. The summed E-state index contributed by atoms with van der Waals surface area (Å²) in [7, 11) is 0. The first-order valence-corrected chi connectivity index (χ1v) is 8.67. The van der Waals surface area contributed by atoms with E-state index < -0.39 is 0 Å². The van der Waals surface area contributed by atoms with Crippen LogP contribution in [0.4, 0.5) is 0 Å². The van der Waals surface area contributed by atoms with Gasteiger partial charge < -0.3 is 10.8 Å². The largest absolute Gasteiger partial charge is 0.507 e. The molecule has 0 aliphatic carbocycles. The maximum atomic E-state index is 10.8. The van der Waals surface area contributed by atoms with Gasteiger partial charge in [-0.05, 0) is 39.5 Å². The van der Waals surface area contributed by atoms with Gasteiger partial charge in [-0.1, -0.05) is 84.0 Å². The number of nitrogens with two attached hydrogens (primary N) is 1. The molecule has 2 rings (SSSR count). The van der Waals surface area contributed by atoms with Gasteiger partial charge in [0, 0.05) is 6.04 Å². The lowest BCUT2D eigenvalue weighted by atomic mass is 9.77. The lowest BCUT2D eigenvalue weighted by Crippen LogP contribution is -2.19. The van der Waals surface area contributed by atoms with Crippen LogP contribution in [0.5, 0.6) is 5.75 Å². The molecule has 2 aromatic rings. The number of aromatic hydroxyl groups is 1. The van der Waals surface area contributed by atoms with Crippen molar-refractivity contribution in [2.75, 3.05) is 0 Å². The smallest absolute Gasteiger partial charge is 0.123 e. The number of hydrogen-bond donors (Lipinski definition) is 2. The average Bonchev–Trinajstić information content (AvgIpc) is 2.47. The second-order valence-corrected chi connectivity index (χ2v) is 8.76.